The Bertz CT molecular complexity index is 1340. The molecule has 0 saturated heterocycles. The lowest BCUT2D eigenvalue weighted by atomic mass is 10.2. The SMILES string of the molecule is CCOc1cccc(NC(=O)CN(c2cc(OC)ccc2OC)S(=O)(=O)c2ccc(OC)c(OC)c2)c1. The number of sulfonamides is 1. The molecule has 10 nitrogen and oxygen atoms in total. The molecule has 0 aliphatic carbocycles. The van der Waals surface area contributed by atoms with Crippen molar-refractivity contribution in [1.82, 2.24) is 0 Å². The first-order valence-electron chi connectivity index (χ1n) is 11.3. The van der Waals surface area contributed by atoms with E-state index in [1.54, 1.807) is 36.4 Å². The van der Waals surface area contributed by atoms with Gasteiger partial charge in [0.2, 0.25) is 5.91 Å². The molecule has 37 heavy (non-hydrogen) atoms. The fourth-order valence-corrected chi connectivity index (χ4v) is 5.00. The van der Waals surface area contributed by atoms with Crippen molar-refractivity contribution in [2.45, 2.75) is 11.8 Å². The molecule has 0 radical (unpaired) electrons. The van der Waals surface area contributed by atoms with Crippen LogP contribution in [0, 0.1) is 0 Å². The van der Waals surface area contributed by atoms with Crippen LogP contribution in [0.25, 0.3) is 0 Å². The number of carbonyl (C=O) groups is 1. The molecule has 0 spiro atoms. The number of anilines is 2. The fraction of sp³-hybridized carbons (Fsp3) is 0.269. The van der Waals surface area contributed by atoms with Crippen LogP contribution in [-0.2, 0) is 14.8 Å². The van der Waals surface area contributed by atoms with Gasteiger partial charge in [0.1, 0.15) is 23.8 Å². The van der Waals surface area contributed by atoms with Gasteiger partial charge in [0.05, 0.1) is 45.6 Å². The van der Waals surface area contributed by atoms with Crippen LogP contribution in [0.5, 0.6) is 28.7 Å². The standard InChI is InChI=1S/C26H30N2O8S/c1-6-36-20-9-7-8-18(14-20)27-26(29)17-28(22-15-19(32-2)10-12-23(22)33-3)37(30,31)21-11-13-24(34-4)25(16-21)35-5/h7-16H,6,17H2,1-5H3,(H,27,29). The molecule has 0 unspecified atom stereocenters. The number of hydrogen-bond donors (Lipinski definition) is 1. The number of methoxy groups -OCH3 is 4. The summed E-state index contributed by atoms with van der Waals surface area (Å²) in [6.07, 6.45) is 0. The molecule has 0 aliphatic rings. The van der Waals surface area contributed by atoms with Crippen LogP contribution >= 0.6 is 0 Å². The van der Waals surface area contributed by atoms with Crippen LogP contribution in [0.1, 0.15) is 6.92 Å². The number of rotatable bonds is 12. The minimum atomic E-state index is -4.30. The Morgan fingerprint density at radius 2 is 1.51 bits per heavy atom. The Morgan fingerprint density at radius 1 is 0.811 bits per heavy atom. The molecule has 1 N–H and O–H groups in total. The molecule has 0 fully saturated rings. The maximum Gasteiger partial charge on any atom is 0.265 e. The minimum absolute atomic E-state index is 0.110. The average Bonchev–Trinajstić information content (AvgIpc) is 2.91. The highest BCUT2D eigenvalue weighted by Gasteiger charge is 2.31. The lowest BCUT2D eigenvalue weighted by Crippen LogP contribution is -2.38. The van der Waals surface area contributed by atoms with Gasteiger partial charge in [-0.3, -0.25) is 9.10 Å². The van der Waals surface area contributed by atoms with Crippen molar-refractivity contribution < 1.29 is 36.9 Å². The Labute approximate surface area is 216 Å². The van der Waals surface area contributed by atoms with Crippen molar-refractivity contribution in [2.75, 3.05) is 51.2 Å². The van der Waals surface area contributed by atoms with Gasteiger partial charge in [-0.2, -0.15) is 0 Å². The Hall–Kier alpha value is -4.12. The molecule has 0 atom stereocenters. The lowest BCUT2D eigenvalue weighted by Gasteiger charge is -2.26. The zero-order valence-electron chi connectivity index (χ0n) is 21.3. The van der Waals surface area contributed by atoms with Gasteiger partial charge in [-0.25, -0.2) is 8.42 Å². The fourth-order valence-electron chi connectivity index (χ4n) is 3.56. The average molecular weight is 531 g/mol. The Balaban J connectivity index is 2.06. The first kappa shape index (κ1) is 27.5. The van der Waals surface area contributed by atoms with Crippen molar-refractivity contribution in [3.05, 3.63) is 60.7 Å². The Kier molecular flexibility index (Phi) is 9.07. The molecule has 1 amide bonds. The number of nitrogens with one attached hydrogen (secondary N) is 1. The topological polar surface area (TPSA) is 113 Å². The first-order chi connectivity index (χ1) is 17.8. The molecule has 0 saturated carbocycles. The van der Waals surface area contributed by atoms with Gasteiger partial charge >= 0.3 is 0 Å². The van der Waals surface area contributed by atoms with E-state index in [2.05, 4.69) is 5.32 Å². The van der Waals surface area contributed by atoms with E-state index in [1.807, 2.05) is 6.92 Å². The predicted octanol–water partition coefficient (Wildman–Crippen LogP) is 3.95. The number of hydrogen-bond acceptors (Lipinski definition) is 8. The highest BCUT2D eigenvalue weighted by atomic mass is 32.2. The molecular weight excluding hydrogens is 500 g/mol. The van der Waals surface area contributed by atoms with Gasteiger partial charge in [0.25, 0.3) is 10.0 Å². The summed E-state index contributed by atoms with van der Waals surface area (Å²) in [6.45, 7) is 1.76. The van der Waals surface area contributed by atoms with Crippen LogP contribution in [0.3, 0.4) is 0 Å². The summed E-state index contributed by atoms with van der Waals surface area (Å²) in [4.78, 5) is 13.0. The van der Waals surface area contributed by atoms with Gasteiger partial charge in [-0.1, -0.05) is 6.07 Å². The van der Waals surface area contributed by atoms with Crippen molar-refractivity contribution in [3.63, 3.8) is 0 Å². The van der Waals surface area contributed by atoms with E-state index >= 15 is 0 Å². The second-order valence-electron chi connectivity index (χ2n) is 7.58. The van der Waals surface area contributed by atoms with Crippen molar-refractivity contribution >= 4 is 27.3 Å². The van der Waals surface area contributed by atoms with Crippen LogP contribution in [-0.4, -0.2) is 55.9 Å². The molecule has 11 heteroatoms. The van der Waals surface area contributed by atoms with E-state index in [0.717, 1.165) is 4.31 Å². The first-order valence-corrected chi connectivity index (χ1v) is 12.7. The van der Waals surface area contributed by atoms with Gasteiger partial charge in [-0.15, -0.1) is 0 Å². The van der Waals surface area contributed by atoms with Gasteiger partial charge < -0.3 is 29.0 Å². The molecule has 0 aromatic heterocycles. The van der Waals surface area contributed by atoms with Crippen LogP contribution < -0.4 is 33.3 Å². The summed E-state index contributed by atoms with van der Waals surface area (Å²) in [5, 5.41) is 2.73. The quantitative estimate of drug-likeness (QED) is 0.375. The van der Waals surface area contributed by atoms with Crippen molar-refractivity contribution in [1.29, 1.82) is 0 Å². The zero-order chi connectivity index (χ0) is 27.0. The molecule has 0 bridgehead atoms. The van der Waals surface area contributed by atoms with Crippen molar-refractivity contribution in [3.8, 4) is 28.7 Å². The van der Waals surface area contributed by atoms with E-state index in [9.17, 15) is 13.2 Å². The van der Waals surface area contributed by atoms with E-state index in [4.69, 9.17) is 23.7 Å². The third-order valence-electron chi connectivity index (χ3n) is 5.31. The second-order valence-corrected chi connectivity index (χ2v) is 9.44. The normalized spacial score (nSPS) is 10.8. The number of amides is 1. The third-order valence-corrected chi connectivity index (χ3v) is 7.07. The van der Waals surface area contributed by atoms with Crippen molar-refractivity contribution in [2.24, 2.45) is 0 Å². The van der Waals surface area contributed by atoms with Crippen LogP contribution in [0.15, 0.2) is 65.6 Å². The van der Waals surface area contributed by atoms with E-state index in [1.165, 1.54) is 52.7 Å². The second kappa shape index (κ2) is 12.2. The highest BCUT2D eigenvalue weighted by Crippen LogP contribution is 2.37. The molecule has 3 aromatic rings. The summed E-state index contributed by atoms with van der Waals surface area (Å²) in [6, 6.07) is 15.7. The molecule has 3 rings (SSSR count). The summed E-state index contributed by atoms with van der Waals surface area (Å²) in [5.74, 6) is 1.19. The largest absolute Gasteiger partial charge is 0.497 e. The number of nitrogens with zero attached hydrogens (tertiary/aromatic N) is 1. The summed E-state index contributed by atoms with van der Waals surface area (Å²) >= 11 is 0. The van der Waals surface area contributed by atoms with Gasteiger partial charge in [0.15, 0.2) is 11.5 Å². The third kappa shape index (κ3) is 6.36. The molecule has 198 valence electrons. The molecule has 0 heterocycles. The summed E-state index contributed by atoms with van der Waals surface area (Å²) < 4.78 is 55.5. The molecular formula is C26H30N2O8S. The summed E-state index contributed by atoms with van der Waals surface area (Å²) in [7, 11) is 1.42. The van der Waals surface area contributed by atoms with E-state index in [0.29, 0.717) is 29.5 Å². The zero-order valence-corrected chi connectivity index (χ0v) is 22.1. The molecule has 3 aromatic carbocycles. The van der Waals surface area contributed by atoms with E-state index in [-0.39, 0.29) is 22.1 Å². The smallest absolute Gasteiger partial charge is 0.265 e. The lowest BCUT2D eigenvalue weighted by molar-refractivity contribution is -0.114. The van der Waals surface area contributed by atoms with Crippen LogP contribution in [0.4, 0.5) is 11.4 Å². The van der Waals surface area contributed by atoms with Gasteiger partial charge in [-0.05, 0) is 43.3 Å². The number of benzene rings is 3. The summed E-state index contributed by atoms with van der Waals surface area (Å²) in [5.41, 5.74) is 0.576. The Morgan fingerprint density at radius 3 is 2.16 bits per heavy atom. The maximum absolute atomic E-state index is 13.9. The van der Waals surface area contributed by atoms with Crippen LogP contribution in [0.2, 0.25) is 0 Å². The monoisotopic (exact) mass is 530 g/mol. The minimum Gasteiger partial charge on any atom is -0.497 e. The highest BCUT2D eigenvalue weighted by molar-refractivity contribution is 7.92. The number of ether oxygens (including phenoxy) is 5. The number of carbonyl (C=O) groups excluding carboxylic acids is 1. The maximum atomic E-state index is 13.9. The predicted molar refractivity (Wildman–Crippen MR) is 140 cm³/mol. The van der Waals surface area contributed by atoms with E-state index < -0.39 is 22.5 Å². The molecule has 0 aliphatic heterocycles. The van der Waals surface area contributed by atoms with Gasteiger partial charge in [0, 0.05) is 23.9 Å².